The van der Waals surface area contributed by atoms with Crippen LogP contribution >= 0.6 is 0 Å². The predicted molar refractivity (Wildman–Crippen MR) is 69.2 cm³/mol. The van der Waals surface area contributed by atoms with Crippen LogP contribution in [0.1, 0.15) is 24.8 Å². The second-order valence-corrected chi connectivity index (χ2v) is 5.16. The summed E-state index contributed by atoms with van der Waals surface area (Å²) in [6, 6.07) is 10.6. The summed E-state index contributed by atoms with van der Waals surface area (Å²) >= 11 is 0. The van der Waals surface area contributed by atoms with Crippen molar-refractivity contribution >= 4 is 0 Å². The number of hydrogen-bond acceptors (Lipinski definition) is 2. The van der Waals surface area contributed by atoms with E-state index >= 15 is 0 Å². The maximum atomic E-state index is 5.46. The Bertz CT molecular complexity index is 324. The third-order valence-corrected chi connectivity index (χ3v) is 3.60. The van der Waals surface area contributed by atoms with Gasteiger partial charge in [-0.05, 0) is 17.9 Å². The van der Waals surface area contributed by atoms with E-state index in [1.165, 1.54) is 24.8 Å². The van der Waals surface area contributed by atoms with Crippen LogP contribution in [0, 0.1) is 5.92 Å². The first-order valence-electron chi connectivity index (χ1n) is 6.34. The molecule has 0 bridgehead atoms. The molecule has 0 amide bonds. The highest BCUT2D eigenvalue weighted by Gasteiger charge is 2.38. The van der Waals surface area contributed by atoms with Crippen molar-refractivity contribution in [3.8, 4) is 0 Å². The fourth-order valence-corrected chi connectivity index (χ4v) is 2.66. The van der Waals surface area contributed by atoms with E-state index in [4.69, 9.17) is 9.47 Å². The monoisotopic (exact) mass is 234 g/mol. The standard InChI is InChI=1S/C15H22O2/c1-16-11-15(12-17-2,10-13-8-9-13)14-6-4-3-5-7-14/h3-7,13H,8-12H2,1-2H3. The molecular formula is C15H22O2. The molecule has 2 heteroatoms. The lowest BCUT2D eigenvalue weighted by atomic mass is 9.77. The van der Waals surface area contributed by atoms with Crippen molar-refractivity contribution in [1.82, 2.24) is 0 Å². The van der Waals surface area contributed by atoms with Crippen LogP contribution in [0.5, 0.6) is 0 Å². The average molecular weight is 234 g/mol. The molecule has 0 aliphatic heterocycles. The lowest BCUT2D eigenvalue weighted by Crippen LogP contribution is -2.37. The molecule has 1 aliphatic carbocycles. The van der Waals surface area contributed by atoms with E-state index in [1.54, 1.807) is 14.2 Å². The van der Waals surface area contributed by atoms with Crippen LogP contribution in [-0.2, 0) is 14.9 Å². The molecule has 0 atom stereocenters. The molecule has 1 fully saturated rings. The number of ether oxygens (including phenoxy) is 2. The van der Waals surface area contributed by atoms with Crippen LogP contribution in [0.2, 0.25) is 0 Å². The summed E-state index contributed by atoms with van der Waals surface area (Å²) in [6.45, 7) is 1.47. The summed E-state index contributed by atoms with van der Waals surface area (Å²) in [7, 11) is 3.56. The van der Waals surface area contributed by atoms with E-state index in [0.29, 0.717) is 0 Å². The van der Waals surface area contributed by atoms with E-state index in [-0.39, 0.29) is 5.41 Å². The summed E-state index contributed by atoms with van der Waals surface area (Å²) in [5.41, 5.74) is 1.38. The molecule has 17 heavy (non-hydrogen) atoms. The van der Waals surface area contributed by atoms with Crippen molar-refractivity contribution in [3.63, 3.8) is 0 Å². The van der Waals surface area contributed by atoms with E-state index in [1.807, 2.05) is 0 Å². The molecule has 0 unspecified atom stereocenters. The molecule has 0 N–H and O–H groups in total. The Labute approximate surface area is 104 Å². The minimum atomic E-state index is 0.0337. The van der Waals surface area contributed by atoms with Gasteiger partial charge in [0.05, 0.1) is 13.2 Å². The minimum absolute atomic E-state index is 0.0337. The number of benzene rings is 1. The first-order chi connectivity index (χ1) is 8.30. The van der Waals surface area contributed by atoms with Gasteiger partial charge >= 0.3 is 0 Å². The lowest BCUT2D eigenvalue weighted by Gasteiger charge is -2.33. The first-order valence-corrected chi connectivity index (χ1v) is 6.34. The molecule has 2 nitrogen and oxygen atoms in total. The van der Waals surface area contributed by atoms with Crippen molar-refractivity contribution in [1.29, 1.82) is 0 Å². The Morgan fingerprint density at radius 3 is 2.12 bits per heavy atom. The predicted octanol–water partition coefficient (Wildman–Crippen LogP) is 3.02. The third kappa shape index (κ3) is 3.08. The second-order valence-electron chi connectivity index (χ2n) is 5.16. The Morgan fingerprint density at radius 1 is 1.06 bits per heavy atom. The maximum Gasteiger partial charge on any atom is 0.0581 e. The molecule has 0 heterocycles. The van der Waals surface area contributed by atoms with Crippen molar-refractivity contribution < 1.29 is 9.47 Å². The third-order valence-electron chi connectivity index (χ3n) is 3.60. The van der Waals surface area contributed by atoms with Crippen molar-refractivity contribution in [3.05, 3.63) is 35.9 Å². The van der Waals surface area contributed by atoms with Crippen LogP contribution in [0.3, 0.4) is 0 Å². The zero-order valence-electron chi connectivity index (χ0n) is 10.8. The van der Waals surface area contributed by atoms with E-state index in [9.17, 15) is 0 Å². The highest BCUT2D eigenvalue weighted by atomic mass is 16.5. The quantitative estimate of drug-likeness (QED) is 0.722. The van der Waals surface area contributed by atoms with E-state index in [0.717, 1.165) is 19.1 Å². The van der Waals surface area contributed by atoms with Crippen LogP contribution < -0.4 is 0 Å². The van der Waals surface area contributed by atoms with Gasteiger partial charge in [0, 0.05) is 19.6 Å². The molecule has 94 valence electrons. The number of hydrogen-bond donors (Lipinski definition) is 0. The van der Waals surface area contributed by atoms with Crippen LogP contribution in [0.25, 0.3) is 0 Å². The molecular weight excluding hydrogens is 212 g/mol. The summed E-state index contributed by atoms with van der Waals surface area (Å²) in [5, 5.41) is 0. The van der Waals surface area contributed by atoms with Gasteiger partial charge in [-0.25, -0.2) is 0 Å². The Hall–Kier alpha value is -0.860. The normalized spacial score (nSPS) is 16.1. The van der Waals surface area contributed by atoms with E-state index in [2.05, 4.69) is 30.3 Å². The van der Waals surface area contributed by atoms with Crippen molar-refractivity contribution in [2.24, 2.45) is 5.92 Å². The number of rotatable bonds is 7. The van der Waals surface area contributed by atoms with Gasteiger partial charge in [-0.2, -0.15) is 0 Å². The summed E-state index contributed by atoms with van der Waals surface area (Å²) in [5.74, 6) is 0.862. The van der Waals surface area contributed by atoms with Gasteiger partial charge in [0.1, 0.15) is 0 Å². The number of methoxy groups -OCH3 is 2. The largest absolute Gasteiger partial charge is 0.384 e. The second kappa shape index (κ2) is 5.65. The van der Waals surface area contributed by atoms with Gasteiger partial charge in [-0.15, -0.1) is 0 Å². The average Bonchev–Trinajstić information content (AvgIpc) is 3.15. The topological polar surface area (TPSA) is 18.5 Å². The highest BCUT2D eigenvalue weighted by molar-refractivity contribution is 5.26. The molecule has 0 aromatic heterocycles. The van der Waals surface area contributed by atoms with Gasteiger partial charge in [0.15, 0.2) is 0 Å². The zero-order valence-corrected chi connectivity index (χ0v) is 10.8. The van der Waals surface area contributed by atoms with Crippen LogP contribution in [-0.4, -0.2) is 27.4 Å². The minimum Gasteiger partial charge on any atom is -0.384 e. The maximum absolute atomic E-state index is 5.46. The van der Waals surface area contributed by atoms with Crippen molar-refractivity contribution in [2.75, 3.05) is 27.4 Å². The fourth-order valence-electron chi connectivity index (χ4n) is 2.66. The fraction of sp³-hybridized carbons (Fsp3) is 0.600. The molecule has 1 saturated carbocycles. The van der Waals surface area contributed by atoms with Crippen molar-refractivity contribution in [2.45, 2.75) is 24.7 Å². The van der Waals surface area contributed by atoms with E-state index < -0.39 is 0 Å². The van der Waals surface area contributed by atoms with Gasteiger partial charge in [0.2, 0.25) is 0 Å². The smallest absolute Gasteiger partial charge is 0.0581 e. The molecule has 1 aromatic carbocycles. The summed E-state index contributed by atoms with van der Waals surface area (Å²) in [6.07, 6.45) is 3.91. The van der Waals surface area contributed by atoms with Crippen LogP contribution in [0.4, 0.5) is 0 Å². The zero-order chi connectivity index (χ0) is 12.1. The Balaban J connectivity index is 2.24. The molecule has 1 aromatic rings. The molecule has 1 aliphatic rings. The summed E-state index contributed by atoms with van der Waals surface area (Å²) in [4.78, 5) is 0. The van der Waals surface area contributed by atoms with Gasteiger partial charge < -0.3 is 9.47 Å². The SMILES string of the molecule is COCC(COC)(CC1CC1)c1ccccc1. The van der Waals surface area contributed by atoms with Gasteiger partial charge in [-0.1, -0.05) is 43.2 Å². The highest BCUT2D eigenvalue weighted by Crippen LogP contribution is 2.42. The molecule has 2 rings (SSSR count). The van der Waals surface area contributed by atoms with Gasteiger partial charge in [-0.3, -0.25) is 0 Å². The first kappa shape index (κ1) is 12.6. The Kier molecular flexibility index (Phi) is 4.19. The molecule has 0 radical (unpaired) electrons. The lowest BCUT2D eigenvalue weighted by molar-refractivity contribution is 0.0511. The summed E-state index contributed by atoms with van der Waals surface area (Å²) < 4.78 is 10.9. The van der Waals surface area contributed by atoms with Gasteiger partial charge in [0.25, 0.3) is 0 Å². The molecule has 0 spiro atoms. The molecule has 0 saturated heterocycles. The Morgan fingerprint density at radius 2 is 1.65 bits per heavy atom. The van der Waals surface area contributed by atoms with Crippen LogP contribution in [0.15, 0.2) is 30.3 Å².